The highest BCUT2D eigenvalue weighted by Crippen LogP contribution is 2.27. The first-order chi connectivity index (χ1) is 17.5. The molecule has 0 aliphatic rings. The number of hydrogen-bond donors (Lipinski definition) is 1. The molecule has 11 heteroatoms. The number of anilines is 1. The number of carbonyl (C=O) groups excluding carboxylic acids is 2. The summed E-state index contributed by atoms with van der Waals surface area (Å²) in [5, 5.41) is 3.62. The van der Waals surface area contributed by atoms with Gasteiger partial charge in [-0.3, -0.25) is 9.59 Å². The van der Waals surface area contributed by atoms with E-state index in [1.807, 2.05) is 39.8 Å². The van der Waals surface area contributed by atoms with Gasteiger partial charge in [0.15, 0.2) is 0 Å². The second-order valence-electron chi connectivity index (χ2n) is 10.5. The van der Waals surface area contributed by atoms with Gasteiger partial charge in [-0.25, -0.2) is 4.31 Å². The predicted octanol–water partition coefficient (Wildman–Crippen LogP) is 4.95. The monoisotopic (exact) mass is 584 g/mol. The Balaban J connectivity index is 2.60. The molecule has 0 spiro atoms. The Kier molecular flexibility index (Phi) is 10.6. The van der Waals surface area contributed by atoms with Crippen LogP contribution in [-0.2, 0) is 26.3 Å². The van der Waals surface area contributed by atoms with Gasteiger partial charge in [0.2, 0.25) is 11.8 Å². The highest BCUT2D eigenvalue weighted by molar-refractivity contribution is 7.90. The molecule has 0 fully saturated rings. The molecule has 210 valence electrons. The summed E-state index contributed by atoms with van der Waals surface area (Å²) in [6, 6.07) is 9.56. The van der Waals surface area contributed by atoms with E-state index in [1.165, 1.54) is 19.0 Å². The average molecular weight is 586 g/mol. The number of nitrogens with one attached hydrogen (secondary N) is 1. The number of aryl methyl sites for hydroxylation is 2. The van der Waals surface area contributed by atoms with Gasteiger partial charge in [-0.1, -0.05) is 48.3 Å². The van der Waals surface area contributed by atoms with Crippen LogP contribution in [0.5, 0.6) is 0 Å². The zero-order chi connectivity index (χ0) is 29.0. The Labute approximate surface area is 237 Å². The summed E-state index contributed by atoms with van der Waals surface area (Å²) in [5.41, 5.74) is 2.07. The van der Waals surface area contributed by atoms with Crippen molar-refractivity contribution in [3.8, 4) is 0 Å². The molecule has 0 heterocycles. The molecule has 1 atom stereocenters. The first-order valence-electron chi connectivity index (χ1n) is 12.3. The second-order valence-corrected chi connectivity index (χ2v) is 13.4. The van der Waals surface area contributed by atoms with Crippen LogP contribution in [-0.4, -0.2) is 61.7 Å². The third kappa shape index (κ3) is 8.09. The lowest BCUT2D eigenvalue weighted by Crippen LogP contribution is -2.55. The predicted molar refractivity (Wildman–Crippen MR) is 155 cm³/mol. The zero-order valence-electron chi connectivity index (χ0n) is 23.3. The van der Waals surface area contributed by atoms with E-state index < -0.39 is 34.2 Å². The molecule has 8 nitrogen and oxygen atoms in total. The van der Waals surface area contributed by atoms with Crippen molar-refractivity contribution in [1.29, 1.82) is 0 Å². The molecule has 0 saturated carbocycles. The van der Waals surface area contributed by atoms with Gasteiger partial charge >= 0.3 is 10.2 Å². The SMILES string of the molecule is CCC(C(=O)NC(C)(C)C)N(Cc1ccc(Cl)c(Cl)c1)C(=O)CN(c1cc(C)ccc1C)S(=O)(=O)N(C)C. The van der Waals surface area contributed by atoms with Crippen molar-refractivity contribution in [2.75, 3.05) is 24.9 Å². The summed E-state index contributed by atoms with van der Waals surface area (Å²) in [6.07, 6.45) is 0.318. The molecular formula is C27H38Cl2N4O4S. The van der Waals surface area contributed by atoms with Gasteiger partial charge in [0.1, 0.15) is 12.6 Å². The fourth-order valence-corrected chi connectivity index (χ4v) is 5.33. The van der Waals surface area contributed by atoms with Crippen molar-refractivity contribution in [3.05, 3.63) is 63.1 Å². The first-order valence-corrected chi connectivity index (χ1v) is 14.5. The maximum atomic E-state index is 14.0. The van der Waals surface area contributed by atoms with Crippen LogP contribution in [0.2, 0.25) is 10.0 Å². The van der Waals surface area contributed by atoms with E-state index in [4.69, 9.17) is 23.2 Å². The van der Waals surface area contributed by atoms with Gasteiger partial charge in [-0.2, -0.15) is 12.7 Å². The number of hydrogen-bond acceptors (Lipinski definition) is 4. The van der Waals surface area contributed by atoms with Crippen molar-refractivity contribution < 1.29 is 18.0 Å². The van der Waals surface area contributed by atoms with E-state index in [9.17, 15) is 18.0 Å². The Morgan fingerprint density at radius 1 is 1.00 bits per heavy atom. The molecule has 2 amide bonds. The van der Waals surface area contributed by atoms with E-state index in [1.54, 1.807) is 38.1 Å². The van der Waals surface area contributed by atoms with Crippen LogP contribution in [0.4, 0.5) is 5.69 Å². The van der Waals surface area contributed by atoms with E-state index in [-0.39, 0.29) is 12.5 Å². The van der Waals surface area contributed by atoms with Crippen molar-refractivity contribution in [2.45, 2.75) is 66.1 Å². The lowest BCUT2D eigenvalue weighted by atomic mass is 10.1. The van der Waals surface area contributed by atoms with Gasteiger partial charge in [0.25, 0.3) is 0 Å². The third-order valence-electron chi connectivity index (χ3n) is 5.87. The normalized spacial score (nSPS) is 12.8. The number of carbonyl (C=O) groups is 2. The lowest BCUT2D eigenvalue weighted by molar-refractivity contribution is -0.141. The van der Waals surface area contributed by atoms with Crippen LogP contribution in [0.3, 0.4) is 0 Å². The summed E-state index contributed by atoms with van der Waals surface area (Å²) < 4.78 is 29.0. The first kappa shape index (κ1) is 31.9. The molecule has 0 saturated heterocycles. The maximum Gasteiger partial charge on any atom is 0.304 e. The molecule has 0 aromatic heterocycles. The lowest BCUT2D eigenvalue weighted by Gasteiger charge is -2.35. The molecule has 0 bridgehead atoms. The van der Waals surface area contributed by atoms with Crippen molar-refractivity contribution in [2.24, 2.45) is 0 Å². The minimum absolute atomic E-state index is 0.0362. The topological polar surface area (TPSA) is 90.0 Å². The molecule has 2 aromatic carbocycles. The van der Waals surface area contributed by atoms with Crippen LogP contribution >= 0.6 is 23.2 Å². The van der Waals surface area contributed by atoms with Crippen molar-refractivity contribution in [1.82, 2.24) is 14.5 Å². The number of benzene rings is 2. The molecule has 2 rings (SSSR count). The van der Waals surface area contributed by atoms with Crippen molar-refractivity contribution >= 4 is 50.9 Å². The van der Waals surface area contributed by atoms with Gasteiger partial charge in [-0.05, 0) is 75.9 Å². The number of amides is 2. The zero-order valence-corrected chi connectivity index (χ0v) is 25.6. The largest absolute Gasteiger partial charge is 0.350 e. The van der Waals surface area contributed by atoms with Crippen LogP contribution in [0, 0.1) is 13.8 Å². The maximum absolute atomic E-state index is 14.0. The average Bonchev–Trinajstić information content (AvgIpc) is 2.79. The number of halogens is 2. The molecule has 0 aliphatic carbocycles. The van der Waals surface area contributed by atoms with E-state index >= 15 is 0 Å². The Bertz CT molecular complexity index is 1280. The smallest absolute Gasteiger partial charge is 0.304 e. The van der Waals surface area contributed by atoms with Gasteiger partial charge in [0.05, 0.1) is 15.7 Å². The minimum Gasteiger partial charge on any atom is -0.350 e. The second kappa shape index (κ2) is 12.7. The van der Waals surface area contributed by atoms with E-state index in [0.717, 1.165) is 14.2 Å². The van der Waals surface area contributed by atoms with Crippen LogP contribution in [0.1, 0.15) is 50.8 Å². The van der Waals surface area contributed by atoms with Gasteiger partial charge < -0.3 is 10.2 Å². The summed E-state index contributed by atoms with van der Waals surface area (Å²) in [5.74, 6) is -0.861. The van der Waals surface area contributed by atoms with Crippen LogP contribution in [0.25, 0.3) is 0 Å². The highest BCUT2D eigenvalue weighted by atomic mass is 35.5. The van der Waals surface area contributed by atoms with Crippen LogP contribution < -0.4 is 9.62 Å². The number of nitrogens with zero attached hydrogens (tertiary/aromatic N) is 3. The molecule has 0 radical (unpaired) electrons. The van der Waals surface area contributed by atoms with Crippen molar-refractivity contribution in [3.63, 3.8) is 0 Å². The molecule has 2 aromatic rings. The van der Waals surface area contributed by atoms with E-state index in [2.05, 4.69) is 5.32 Å². The molecular weight excluding hydrogens is 547 g/mol. The molecule has 1 unspecified atom stereocenters. The summed E-state index contributed by atoms with van der Waals surface area (Å²) >= 11 is 12.3. The summed E-state index contributed by atoms with van der Waals surface area (Å²) in [6.45, 7) is 10.6. The number of rotatable bonds is 10. The summed E-state index contributed by atoms with van der Waals surface area (Å²) in [4.78, 5) is 28.7. The minimum atomic E-state index is -4.05. The Morgan fingerprint density at radius 2 is 1.63 bits per heavy atom. The molecule has 38 heavy (non-hydrogen) atoms. The van der Waals surface area contributed by atoms with Gasteiger partial charge in [0, 0.05) is 26.2 Å². The molecule has 1 N–H and O–H groups in total. The quantitative estimate of drug-likeness (QED) is 0.428. The Morgan fingerprint density at radius 3 is 2.16 bits per heavy atom. The third-order valence-corrected chi connectivity index (χ3v) is 8.42. The van der Waals surface area contributed by atoms with Crippen LogP contribution in [0.15, 0.2) is 36.4 Å². The standard InChI is InChI=1S/C27H38Cl2N4O4S/c1-9-23(26(35)30-27(4,5)6)32(16-20-12-13-21(28)22(29)15-20)25(34)17-33(38(36,37)31(7)8)24-14-18(2)10-11-19(24)3/h10-15,23H,9,16-17H2,1-8H3,(H,30,35). The summed E-state index contributed by atoms with van der Waals surface area (Å²) in [7, 11) is -1.22. The molecule has 0 aliphatic heterocycles. The fourth-order valence-electron chi connectivity index (χ4n) is 3.90. The van der Waals surface area contributed by atoms with Gasteiger partial charge in [-0.15, -0.1) is 0 Å². The highest BCUT2D eigenvalue weighted by Gasteiger charge is 2.35. The van der Waals surface area contributed by atoms with E-state index in [0.29, 0.717) is 33.3 Å². The fraction of sp³-hybridized carbons (Fsp3) is 0.481. The Hall–Kier alpha value is -2.33.